The second kappa shape index (κ2) is 10.7. The topological polar surface area (TPSA) is 41.3 Å². The molecular weight excluding hydrogens is 421 g/mol. The maximum absolute atomic E-state index is 14.2. The summed E-state index contributed by atoms with van der Waals surface area (Å²) in [5.74, 6) is 0.429. The highest BCUT2D eigenvalue weighted by atomic mass is 19.1. The monoisotopic (exact) mass is 459 g/mol. The summed E-state index contributed by atoms with van der Waals surface area (Å²) in [5, 5.41) is 3.69. The smallest absolute Gasteiger partial charge is 0.125 e. The number of anilines is 1. The van der Waals surface area contributed by atoms with Crippen LogP contribution in [0.2, 0.25) is 0 Å². The third-order valence-electron chi connectivity index (χ3n) is 6.99. The second-order valence-corrected chi connectivity index (χ2v) is 10.4. The number of hydrogen-bond acceptors (Lipinski definition) is 3. The van der Waals surface area contributed by atoms with E-state index in [0.29, 0.717) is 12.5 Å². The molecule has 34 heavy (non-hydrogen) atoms. The van der Waals surface area contributed by atoms with Crippen LogP contribution in [-0.4, -0.2) is 30.1 Å². The van der Waals surface area contributed by atoms with E-state index in [-0.39, 0.29) is 11.4 Å². The number of likely N-dealkylation sites (tertiary alicyclic amines) is 1. The molecule has 3 N–H and O–H groups in total. The molecule has 1 aliphatic heterocycles. The molecule has 4 rings (SSSR count). The Morgan fingerprint density at radius 2 is 1.68 bits per heavy atom. The molecule has 0 spiro atoms. The van der Waals surface area contributed by atoms with Gasteiger partial charge in [-0.1, -0.05) is 67.9 Å². The fourth-order valence-electron chi connectivity index (χ4n) is 4.99. The summed E-state index contributed by atoms with van der Waals surface area (Å²) in [6.07, 6.45) is 2.98. The van der Waals surface area contributed by atoms with Gasteiger partial charge in [0, 0.05) is 37.4 Å². The molecule has 3 aromatic rings. The molecule has 3 nitrogen and oxygen atoms in total. The Bertz CT molecular complexity index is 1080. The van der Waals surface area contributed by atoms with Gasteiger partial charge in [-0.15, -0.1) is 0 Å². The van der Waals surface area contributed by atoms with E-state index >= 15 is 0 Å². The van der Waals surface area contributed by atoms with Crippen LogP contribution in [0, 0.1) is 18.7 Å². The first-order chi connectivity index (χ1) is 16.4. The van der Waals surface area contributed by atoms with E-state index in [2.05, 4.69) is 79.5 Å². The number of aryl methyl sites for hydroxylation is 1. The van der Waals surface area contributed by atoms with Crippen molar-refractivity contribution in [1.82, 2.24) is 4.90 Å². The SMILES string of the molecule is Cc1ccc(-c2ccc(F)cc2NC2(CN)CCN(Cc3cccc(CC(C)C)c3)CC2)cc1. The van der Waals surface area contributed by atoms with E-state index in [0.717, 1.165) is 55.7 Å². The van der Waals surface area contributed by atoms with Crippen LogP contribution < -0.4 is 11.1 Å². The lowest BCUT2D eigenvalue weighted by Gasteiger charge is -2.43. The number of halogens is 1. The Morgan fingerprint density at radius 1 is 0.971 bits per heavy atom. The molecule has 0 radical (unpaired) electrons. The average molecular weight is 460 g/mol. The zero-order chi connectivity index (χ0) is 24.1. The van der Waals surface area contributed by atoms with Crippen molar-refractivity contribution in [1.29, 1.82) is 0 Å². The van der Waals surface area contributed by atoms with Crippen LogP contribution in [0.3, 0.4) is 0 Å². The van der Waals surface area contributed by atoms with E-state index in [1.54, 1.807) is 6.07 Å². The van der Waals surface area contributed by atoms with Crippen LogP contribution >= 0.6 is 0 Å². The Hall–Kier alpha value is -2.69. The predicted molar refractivity (Wildman–Crippen MR) is 141 cm³/mol. The molecule has 1 heterocycles. The minimum atomic E-state index is -0.233. The third kappa shape index (κ3) is 6.05. The molecule has 1 saturated heterocycles. The van der Waals surface area contributed by atoms with Crippen molar-refractivity contribution in [3.8, 4) is 11.1 Å². The Balaban J connectivity index is 1.46. The maximum atomic E-state index is 14.2. The first kappa shape index (κ1) is 24.4. The summed E-state index contributed by atoms with van der Waals surface area (Å²) in [6, 6.07) is 22.4. The summed E-state index contributed by atoms with van der Waals surface area (Å²) in [4.78, 5) is 2.51. The van der Waals surface area contributed by atoms with Gasteiger partial charge in [0.25, 0.3) is 0 Å². The van der Waals surface area contributed by atoms with E-state index in [9.17, 15) is 4.39 Å². The minimum absolute atomic E-state index is 0.232. The summed E-state index contributed by atoms with van der Waals surface area (Å²) in [5.41, 5.74) is 13.0. The lowest BCUT2D eigenvalue weighted by Crippen LogP contribution is -2.53. The summed E-state index contributed by atoms with van der Waals surface area (Å²) >= 11 is 0. The van der Waals surface area contributed by atoms with Crippen molar-refractivity contribution in [3.05, 3.63) is 89.2 Å². The molecule has 3 aromatic carbocycles. The third-order valence-corrected chi connectivity index (χ3v) is 6.99. The van der Waals surface area contributed by atoms with Crippen LogP contribution in [0.5, 0.6) is 0 Å². The average Bonchev–Trinajstić information content (AvgIpc) is 2.81. The van der Waals surface area contributed by atoms with Gasteiger partial charge in [-0.05, 0) is 67.0 Å². The Kier molecular flexibility index (Phi) is 7.70. The number of nitrogens with two attached hydrogens (primary N) is 1. The van der Waals surface area contributed by atoms with Gasteiger partial charge >= 0.3 is 0 Å². The van der Waals surface area contributed by atoms with Crippen LogP contribution in [0.25, 0.3) is 11.1 Å². The van der Waals surface area contributed by atoms with Crippen molar-refractivity contribution in [2.75, 3.05) is 25.0 Å². The molecule has 0 aromatic heterocycles. The van der Waals surface area contributed by atoms with E-state index in [1.807, 2.05) is 6.07 Å². The molecule has 0 saturated carbocycles. The number of hydrogen-bond donors (Lipinski definition) is 2. The zero-order valence-corrected chi connectivity index (χ0v) is 20.8. The van der Waals surface area contributed by atoms with E-state index in [1.165, 1.54) is 22.8 Å². The van der Waals surface area contributed by atoms with Crippen molar-refractivity contribution < 1.29 is 4.39 Å². The van der Waals surface area contributed by atoms with Crippen LogP contribution in [-0.2, 0) is 13.0 Å². The largest absolute Gasteiger partial charge is 0.378 e. The minimum Gasteiger partial charge on any atom is -0.378 e. The number of nitrogens with zero attached hydrogens (tertiary/aromatic N) is 1. The van der Waals surface area contributed by atoms with E-state index < -0.39 is 0 Å². The molecule has 0 amide bonds. The van der Waals surface area contributed by atoms with Gasteiger partial charge < -0.3 is 11.1 Å². The molecule has 0 unspecified atom stereocenters. The fourth-order valence-corrected chi connectivity index (χ4v) is 4.99. The highest BCUT2D eigenvalue weighted by Gasteiger charge is 2.34. The molecule has 0 atom stereocenters. The number of rotatable bonds is 8. The van der Waals surface area contributed by atoms with Crippen molar-refractivity contribution in [3.63, 3.8) is 0 Å². The van der Waals surface area contributed by atoms with Gasteiger partial charge in [0.2, 0.25) is 0 Å². The summed E-state index contributed by atoms with van der Waals surface area (Å²) in [6.45, 7) is 10.0. The fraction of sp³-hybridized carbons (Fsp3) is 0.400. The van der Waals surface area contributed by atoms with Crippen molar-refractivity contribution in [2.24, 2.45) is 11.7 Å². The number of piperidine rings is 1. The molecule has 4 heteroatoms. The van der Waals surface area contributed by atoms with Gasteiger partial charge in [-0.25, -0.2) is 4.39 Å². The highest BCUT2D eigenvalue weighted by molar-refractivity contribution is 5.78. The second-order valence-electron chi connectivity index (χ2n) is 10.4. The highest BCUT2D eigenvalue weighted by Crippen LogP contribution is 2.34. The van der Waals surface area contributed by atoms with Crippen LogP contribution in [0.15, 0.2) is 66.7 Å². The zero-order valence-electron chi connectivity index (χ0n) is 20.8. The lowest BCUT2D eigenvalue weighted by atomic mass is 9.86. The first-order valence-corrected chi connectivity index (χ1v) is 12.5. The molecular formula is C30H38FN3. The van der Waals surface area contributed by atoms with Crippen molar-refractivity contribution >= 4 is 5.69 Å². The number of benzene rings is 3. The Morgan fingerprint density at radius 3 is 2.35 bits per heavy atom. The van der Waals surface area contributed by atoms with Crippen molar-refractivity contribution in [2.45, 2.75) is 52.1 Å². The van der Waals surface area contributed by atoms with Crippen LogP contribution in [0.4, 0.5) is 10.1 Å². The van der Waals surface area contributed by atoms with E-state index in [4.69, 9.17) is 5.73 Å². The first-order valence-electron chi connectivity index (χ1n) is 12.5. The number of nitrogens with one attached hydrogen (secondary N) is 1. The quantitative estimate of drug-likeness (QED) is 0.409. The summed E-state index contributed by atoms with van der Waals surface area (Å²) < 4.78 is 14.2. The lowest BCUT2D eigenvalue weighted by molar-refractivity contribution is 0.170. The molecule has 180 valence electrons. The van der Waals surface area contributed by atoms with Gasteiger partial charge in [-0.3, -0.25) is 4.90 Å². The van der Waals surface area contributed by atoms with Gasteiger partial charge in [0.05, 0.1) is 5.54 Å². The van der Waals surface area contributed by atoms with Crippen LogP contribution in [0.1, 0.15) is 43.4 Å². The molecule has 1 fully saturated rings. The predicted octanol–water partition coefficient (Wildman–Crippen LogP) is 6.41. The molecule has 0 bridgehead atoms. The van der Waals surface area contributed by atoms with Gasteiger partial charge in [0.15, 0.2) is 0 Å². The van der Waals surface area contributed by atoms with Gasteiger partial charge in [-0.2, -0.15) is 0 Å². The normalized spacial score (nSPS) is 16.1. The van der Waals surface area contributed by atoms with Gasteiger partial charge in [0.1, 0.15) is 5.82 Å². The standard InChI is InChI=1S/C30H38FN3/c1-22(2)17-24-5-4-6-25(18-24)20-34-15-13-30(21-32,14-16-34)33-29-19-27(31)11-12-28(29)26-9-7-23(3)8-10-26/h4-12,18-19,22,33H,13-17,20-21,32H2,1-3H3. The summed E-state index contributed by atoms with van der Waals surface area (Å²) in [7, 11) is 0. The Labute approximate surface area is 204 Å². The molecule has 1 aliphatic rings. The molecule has 0 aliphatic carbocycles. The maximum Gasteiger partial charge on any atom is 0.125 e.